The fraction of sp³-hybridized carbons (Fsp3) is 0.412. The fourth-order valence-electron chi connectivity index (χ4n) is 2.73. The van der Waals surface area contributed by atoms with Gasteiger partial charge in [0.2, 0.25) is 5.76 Å². The predicted octanol–water partition coefficient (Wildman–Crippen LogP) is 1.73. The maximum atomic E-state index is 12.3. The van der Waals surface area contributed by atoms with Crippen LogP contribution >= 0.6 is 0 Å². The van der Waals surface area contributed by atoms with Crippen LogP contribution in [-0.4, -0.2) is 53.3 Å². The molecule has 0 radical (unpaired) electrons. The second-order valence-electron chi connectivity index (χ2n) is 5.64. The van der Waals surface area contributed by atoms with Crippen molar-refractivity contribution in [2.45, 2.75) is 25.0 Å². The average molecular weight is 332 g/mol. The first-order valence-electron chi connectivity index (χ1n) is 7.84. The summed E-state index contributed by atoms with van der Waals surface area (Å²) in [7, 11) is 1.59. The molecule has 0 unspecified atom stereocenters. The number of methoxy groups -OCH3 is 1. The molecule has 7 nitrogen and oxygen atoms in total. The van der Waals surface area contributed by atoms with E-state index in [4.69, 9.17) is 13.9 Å². The van der Waals surface area contributed by atoms with Gasteiger partial charge in [0, 0.05) is 25.6 Å². The van der Waals surface area contributed by atoms with Crippen LogP contribution in [-0.2, 0) is 0 Å². The van der Waals surface area contributed by atoms with Gasteiger partial charge in [-0.1, -0.05) is 6.07 Å². The van der Waals surface area contributed by atoms with Crippen LogP contribution in [0.4, 0.5) is 0 Å². The molecule has 1 aromatic carbocycles. The summed E-state index contributed by atoms with van der Waals surface area (Å²) in [4.78, 5) is 17.7. The summed E-state index contributed by atoms with van der Waals surface area (Å²) in [6.07, 6.45) is 2.56. The maximum absolute atomic E-state index is 12.3. The van der Waals surface area contributed by atoms with Gasteiger partial charge < -0.3 is 23.9 Å². The average Bonchev–Trinajstić information content (AvgIpc) is 3.08. The minimum Gasteiger partial charge on any atom is -0.497 e. The molecule has 0 bridgehead atoms. The molecule has 3 rings (SSSR count). The van der Waals surface area contributed by atoms with E-state index in [-0.39, 0.29) is 17.8 Å². The third kappa shape index (κ3) is 3.68. The van der Waals surface area contributed by atoms with Crippen LogP contribution in [0.15, 0.2) is 41.3 Å². The van der Waals surface area contributed by atoms with Crippen LogP contribution in [0.5, 0.6) is 11.5 Å². The second-order valence-corrected chi connectivity index (χ2v) is 5.64. The van der Waals surface area contributed by atoms with E-state index in [1.165, 1.54) is 12.6 Å². The highest BCUT2D eigenvalue weighted by Crippen LogP contribution is 2.24. The number of aliphatic hydroxyl groups excluding tert-OH is 1. The van der Waals surface area contributed by atoms with Gasteiger partial charge in [-0.05, 0) is 18.6 Å². The Morgan fingerprint density at radius 2 is 2.12 bits per heavy atom. The van der Waals surface area contributed by atoms with Gasteiger partial charge in [-0.3, -0.25) is 4.79 Å². The summed E-state index contributed by atoms with van der Waals surface area (Å²) in [5.74, 6) is 1.31. The molecular formula is C17H20N2O5. The van der Waals surface area contributed by atoms with Crippen LogP contribution in [0, 0.1) is 0 Å². The van der Waals surface area contributed by atoms with Crippen molar-refractivity contribution < 1.29 is 23.8 Å². The summed E-state index contributed by atoms with van der Waals surface area (Å²) in [6, 6.07) is 7.25. The number of carbonyl (C=O) groups excluding carboxylic acids is 1. The van der Waals surface area contributed by atoms with Crippen LogP contribution in [0.1, 0.15) is 23.4 Å². The van der Waals surface area contributed by atoms with Crippen molar-refractivity contribution in [2.75, 3.05) is 20.2 Å². The van der Waals surface area contributed by atoms with Gasteiger partial charge in [-0.15, -0.1) is 0 Å². The van der Waals surface area contributed by atoms with Gasteiger partial charge in [0.15, 0.2) is 6.39 Å². The molecular weight excluding hydrogens is 312 g/mol. The minimum atomic E-state index is -0.649. The van der Waals surface area contributed by atoms with E-state index in [2.05, 4.69) is 4.98 Å². The maximum Gasteiger partial charge on any atom is 0.291 e. The molecule has 2 aromatic rings. The highest BCUT2D eigenvalue weighted by atomic mass is 16.5. The molecule has 24 heavy (non-hydrogen) atoms. The van der Waals surface area contributed by atoms with Gasteiger partial charge in [0.1, 0.15) is 17.6 Å². The molecule has 0 spiro atoms. The lowest BCUT2D eigenvalue weighted by Gasteiger charge is -2.22. The molecule has 1 N–H and O–H groups in total. The smallest absolute Gasteiger partial charge is 0.291 e. The number of ether oxygens (including phenoxy) is 2. The number of amides is 1. The van der Waals surface area contributed by atoms with Crippen LogP contribution < -0.4 is 9.47 Å². The Balaban J connectivity index is 1.65. The zero-order valence-electron chi connectivity index (χ0n) is 13.4. The van der Waals surface area contributed by atoms with E-state index in [0.717, 1.165) is 0 Å². The molecule has 7 heteroatoms. The van der Waals surface area contributed by atoms with Gasteiger partial charge in [-0.2, -0.15) is 0 Å². The first-order valence-corrected chi connectivity index (χ1v) is 7.84. The van der Waals surface area contributed by atoms with E-state index in [9.17, 15) is 9.90 Å². The largest absolute Gasteiger partial charge is 0.497 e. The minimum absolute atomic E-state index is 0.205. The first kappa shape index (κ1) is 16.3. The van der Waals surface area contributed by atoms with Crippen molar-refractivity contribution in [3.8, 4) is 11.5 Å². The molecule has 0 aliphatic carbocycles. The monoisotopic (exact) mass is 332 g/mol. The fourth-order valence-corrected chi connectivity index (χ4v) is 2.73. The zero-order valence-corrected chi connectivity index (χ0v) is 13.4. The van der Waals surface area contributed by atoms with Gasteiger partial charge in [0.25, 0.3) is 5.91 Å². The zero-order chi connectivity index (χ0) is 16.9. The molecule has 1 aliphatic heterocycles. The lowest BCUT2D eigenvalue weighted by molar-refractivity contribution is 0.0349. The van der Waals surface area contributed by atoms with E-state index < -0.39 is 6.10 Å². The molecule has 0 saturated carbocycles. The van der Waals surface area contributed by atoms with E-state index in [1.807, 2.05) is 18.2 Å². The quantitative estimate of drug-likeness (QED) is 0.918. The Kier molecular flexibility index (Phi) is 5.00. The molecule has 1 fully saturated rings. The van der Waals surface area contributed by atoms with Crippen LogP contribution in [0.3, 0.4) is 0 Å². The van der Waals surface area contributed by atoms with E-state index in [0.29, 0.717) is 37.4 Å². The molecule has 2 heterocycles. The van der Waals surface area contributed by atoms with Crippen molar-refractivity contribution in [2.24, 2.45) is 0 Å². The lowest BCUT2D eigenvalue weighted by Crippen LogP contribution is -2.32. The van der Waals surface area contributed by atoms with Crippen molar-refractivity contribution in [1.82, 2.24) is 9.88 Å². The molecule has 128 valence electrons. The number of hydrogen-bond donors (Lipinski definition) is 1. The molecule has 1 aromatic heterocycles. The van der Waals surface area contributed by atoms with E-state index >= 15 is 0 Å². The van der Waals surface area contributed by atoms with Crippen LogP contribution in [0.25, 0.3) is 0 Å². The van der Waals surface area contributed by atoms with Crippen molar-refractivity contribution in [3.63, 3.8) is 0 Å². The number of oxazole rings is 1. The normalized spacial score (nSPS) is 21.2. The number of aliphatic hydroxyl groups is 1. The molecule has 1 saturated heterocycles. The summed E-state index contributed by atoms with van der Waals surface area (Å²) in [5, 5.41) is 10.3. The summed E-state index contributed by atoms with van der Waals surface area (Å²) >= 11 is 0. The molecule has 1 aliphatic rings. The summed E-state index contributed by atoms with van der Waals surface area (Å²) in [5.41, 5.74) is 0. The topological polar surface area (TPSA) is 85.0 Å². The van der Waals surface area contributed by atoms with Crippen LogP contribution in [0.2, 0.25) is 0 Å². The van der Waals surface area contributed by atoms with Crippen molar-refractivity contribution in [1.29, 1.82) is 0 Å². The number of rotatable bonds is 4. The Hall–Kier alpha value is -2.54. The predicted molar refractivity (Wildman–Crippen MR) is 85.1 cm³/mol. The van der Waals surface area contributed by atoms with Gasteiger partial charge in [0.05, 0.1) is 19.4 Å². The Labute approximate surface area is 139 Å². The number of benzene rings is 1. The third-order valence-corrected chi connectivity index (χ3v) is 4.07. The first-order chi connectivity index (χ1) is 11.7. The van der Waals surface area contributed by atoms with Gasteiger partial charge >= 0.3 is 0 Å². The number of nitrogens with zero attached hydrogens (tertiary/aromatic N) is 2. The Morgan fingerprint density at radius 1 is 1.33 bits per heavy atom. The van der Waals surface area contributed by atoms with Crippen molar-refractivity contribution >= 4 is 5.91 Å². The number of hydrogen-bond acceptors (Lipinski definition) is 6. The highest BCUT2D eigenvalue weighted by Gasteiger charge is 2.29. The van der Waals surface area contributed by atoms with E-state index in [1.54, 1.807) is 18.1 Å². The summed E-state index contributed by atoms with van der Waals surface area (Å²) in [6.45, 7) is 0.921. The Bertz CT molecular complexity index is 673. The lowest BCUT2D eigenvalue weighted by atomic mass is 10.1. The number of carbonyl (C=O) groups is 1. The number of likely N-dealkylation sites (tertiary alicyclic amines) is 1. The SMILES string of the molecule is COc1cccc(O[C@H]2CCN(C(=O)c3cnco3)CC[C@@H]2O)c1. The highest BCUT2D eigenvalue weighted by molar-refractivity contribution is 5.91. The third-order valence-electron chi connectivity index (χ3n) is 4.07. The second kappa shape index (κ2) is 7.35. The molecule has 2 atom stereocenters. The van der Waals surface area contributed by atoms with Gasteiger partial charge in [-0.25, -0.2) is 4.98 Å². The number of aromatic nitrogens is 1. The standard InChI is InChI=1S/C17H20N2O5/c1-22-12-3-2-4-13(9-12)24-15-6-8-19(7-5-14(15)20)17(21)16-10-18-11-23-16/h2-4,9-11,14-15,20H,5-8H2,1H3/t14-,15-/m0/s1. The van der Waals surface area contributed by atoms with Crippen molar-refractivity contribution in [3.05, 3.63) is 42.6 Å². The Morgan fingerprint density at radius 3 is 2.88 bits per heavy atom. The molecule has 1 amide bonds. The summed E-state index contributed by atoms with van der Waals surface area (Å²) < 4.78 is 16.1.